The molecule has 21 heavy (non-hydrogen) atoms. The third-order valence-corrected chi connectivity index (χ3v) is 2.91. The van der Waals surface area contributed by atoms with E-state index in [9.17, 15) is 25.0 Å². The van der Waals surface area contributed by atoms with Gasteiger partial charge in [0, 0.05) is 24.6 Å². The third-order valence-electron chi connectivity index (χ3n) is 2.91. The van der Waals surface area contributed by atoms with Crippen LogP contribution in [-0.4, -0.2) is 15.6 Å². The lowest BCUT2D eigenvalue weighted by Gasteiger charge is -2.02. The molecule has 0 fully saturated rings. The van der Waals surface area contributed by atoms with Gasteiger partial charge in [0.25, 0.3) is 11.4 Å². The summed E-state index contributed by atoms with van der Waals surface area (Å²) in [4.78, 5) is 32.4. The van der Waals surface area contributed by atoms with Crippen LogP contribution in [0.4, 0.5) is 11.4 Å². The zero-order valence-electron chi connectivity index (χ0n) is 10.8. The minimum Gasteiger partial charge on any atom is -0.294 e. The predicted octanol–water partition coefficient (Wildman–Crippen LogP) is 2.93. The number of nitro groups is 2. The average molecular weight is 286 g/mol. The smallest absolute Gasteiger partial charge is 0.280 e. The second-order valence-electron chi connectivity index (χ2n) is 4.30. The van der Waals surface area contributed by atoms with E-state index in [-0.39, 0.29) is 23.4 Å². The Hall–Kier alpha value is -3.09. The second-order valence-corrected chi connectivity index (χ2v) is 4.30. The summed E-state index contributed by atoms with van der Waals surface area (Å²) in [6.07, 6.45) is -0.0527. The Kier molecular flexibility index (Phi) is 4.03. The summed E-state index contributed by atoms with van der Waals surface area (Å²) in [5.41, 5.74) is 0.269. The minimum absolute atomic E-state index is 0.0286. The predicted molar refractivity (Wildman–Crippen MR) is 74.2 cm³/mol. The Labute approximate surface area is 119 Å². The molecular weight excluding hydrogens is 276 g/mol. The summed E-state index contributed by atoms with van der Waals surface area (Å²) in [6, 6.07) is 11.2. The van der Waals surface area contributed by atoms with Crippen LogP contribution in [0.2, 0.25) is 0 Å². The van der Waals surface area contributed by atoms with E-state index in [0.717, 1.165) is 0 Å². The van der Waals surface area contributed by atoms with E-state index < -0.39 is 15.6 Å². The van der Waals surface area contributed by atoms with E-state index in [0.29, 0.717) is 5.56 Å². The number of nitrogens with zero attached hydrogens (tertiary/aromatic N) is 2. The van der Waals surface area contributed by atoms with Crippen molar-refractivity contribution in [3.63, 3.8) is 0 Å². The molecule has 2 rings (SSSR count). The van der Waals surface area contributed by atoms with Crippen LogP contribution in [0.15, 0.2) is 48.5 Å². The van der Waals surface area contributed by atoms with Crippen molar-refractivity contribution in [2.45, 2.75) is 6.42 Å². The highest BCUT2D eigenvalue weighted by Crippen LogP contribution is 2.20. The van der Waals surface area contributed by atoms with Crippen molar-refractivity contribution >= 4 is 17.2 Å². The summed E-state index contributed by atoms with van der Waals surface area (Å²) in [5.74, 6) is -0.406. The average Bonchev–Trinajstić information content (AvgIpc) is 2.47. The quantitative estimate of drug-likeness (QED) is 0.477. The van der Waals surface area contributed by atoms with Gasteiger partial charge in [-0.1, -0.05) is 24.3 Å². The largest absolute Gasteiger partial charge is 0.294 e. The molecule has 0 aliphatic heterocycles. The van der Waals surface area contributed by atoms with Gasteiger partial charge in [-0.15, -0.1) is 0 Å². The van der Waals surface area contributed by atoms with Gasteiger partial charge in [0.05, 0.1) is 15.4 Å². The molecule has 0 atom stereocenters. The van der Waals surface area contributed by atoms with E-state index in [1.165, 1.54) is 42.5 Å². The van der Waals surface area contributed by atoms with Gasteiger partial charge in [-0.25, -0.2) is 0 Å². The van der Waals surface area contributed by atoms with Crippen molar-refractivity contribution in [2.24, 2.45) is 0 Å². The van der Waals surface area contributed by atoms with Crippen LogP contribution in [0, 0.1) is 20.2 Å². The highest BCUT2D eigenvalue weighted by atomic mass is 16.6. The van der Waals surface area contributed by atoms with Gasteiger partial charge >= 0.3 is 0 Å². The van der Waals surface area contributed by atoms with Gasteiger partial charge in [0.1, 0.15) is 0 Å². The number of benzene rings is 2. The number of nitro benzene ring substituents is 2. The maximum Gasteiger partial charge on any atom is 0.280 e. The van der Waals surface area contributed by atoms with Crippen LogP contribution in [0.5, 0.6) is 0 Å². The van der Waals surface area contributed by atoms with Gasteiger partial charge < -0.3 is 0 Å². The molecule has 0 saturated heterocycles. The number of non-ortho nitro benzene ring substituents is 1. The highest BCUT2D eigenvalue weighted by Gasteiger charge is 2.19. The first-order chi connectivity index (χ1) is 9.99. The normalized spacial score (nSPS) is 10.1. The summed E-state index contributed by atoms with van der Waals surface area (Å²) >= 11 is 0. The van der Waals surface area contributed by atoms with Gasteiger partial charge in [-0.05, 0) is 11.6 Å². The van der Waals surface area contributed by atoms with E-state index in [4.69, 9.17) is 0 Å². The Bertz CT molecular complexity index is 710. The van der Waals surface area contributed by atoms with E-state index in [1.54, 1.807) is 6.07 Å². The highest BCUT2D eigenvalue weighted by molar-refractivity contribution is 6.01. The van der Waals surface area contributed by atoms with Gasteiger partial charge in [-0.2, -0.15) is 0 Å². The molecular formula is C14H10N2O5. The number of carbonyl (C=O) groups excluding carboxylic acids is 1. The number of Topliss-reactive ketones (excluding diaryl/α,β-unsaturated/α-hetero) is 1. The van der Waals surface area contributed by atoms with Crippen molar-refractivity contribution in [3.05, 3.63) is 79.9 Å². The number of ketones is 1. The molecule has 0 unspecified atom stereocenters. The molecule has 0 N–H and O–H groups in total. The molecule has 7 nitrogen and oxygen atoms in total. The molecule has 0 spiro atoms. The van der Waals surface area contributed by atoms with Crippen LogP contribution in [0.1, 0.15) is 15.9 Å². The van der Waals surface area contributed by atoms with Crippen molar-refractivity contribution in [1.29, 1.82) is 0 Å². The Morgan fingerprint density at radius 1 is 0.905 bits per heavy atom. The standard InChI is InChI=1S/C14H10N2O5/c17-14(12-3-1-2-4-13(12)16(20)21)9-10-5-7-11(8-6-10)15(18)19/h1-8H,9H2. The first-order valence-corrected chi connectivity index (χ1v) is 5.99. The van der Waals surface area contributed by atoms with E-state index >= 15 is 0 Å². The summed E-state index contributed by atoms with van der Waals surface area (Å²) in [5, 5.41) is 21.4. The molecule has 0 aliphatic carbocycles. The van der Waals surface area contributed by atoms with E-state index in [2.05, 4.69) is 0 Å². The molecule has 2 aromatic rings. The van der Waals surface area contributed by atoms with Gasteiger partial charge in [0.15, 0.2) is 5.78 Å². The number of para-hydroxylation sites is 1. The van der Waals surface area contributed by atoms with Gasteiger partial charge in [-0.3, -0.25) is 25.0 Å². The summed E-state index contributed by atoms with van der Waals surface area (Å²) < 4.78 is 0. The molecule has 0 bridgehead atoms. The monoisotopic (exact) mass is 286 g/mol. The molecule has 2 aromatic carbocycles. The number of hydrogen-bond acceptors (Lipinski definition) is 5. The van der Waals surface area contributed by atoms with Crippen molar-refractivity contribution in [2.75, 3.05) is 0 Å². The lowest BCUT2D eigenvalue weighted by molar-refractivity contribution is -0.385. The van der Waals surface area contributed by atoms with Crippen LogP contribution < -0.4 is 0 Å². The van der Waals surface area contributed by atoms with Crippen LogP contribution >= 0.6 is 0 Å². The summed E-state index contributed by atoms with van der Waals surface area (Å²) in [6.45, 7) is 0. The van der Waals surface area contributed by atoms with Crippen LogP contribution in [0.25, 0.3) is 0 Å². The van der Waals surface area contributed by atoms with Crippen molar-refractivity contribution in [3.8, 4) is 0 Å². The first kappa shape index (κ1) is 14.3. The Morgan fingerprint density at radius 2 is 1.52 bits per heavy atom. The molecule has 0 heterocycles. The topological polar surface area (TPSA) is 103 Å². The molecule has 0 aliphatic rings. The van der Waals surface area contributed by atoms with Crippen molar-refractivity contribution in [1.82, 2.24) is 0 Å². The fraction of sp³-hybridized carbons (Fsp3) is 0.0714. The molecule has 0 aromatic heterocycles. The summed E-state index contributed by atoms with van der Waals surface area (Å²) in [7, 11) is 0. The van der Waals surface area contributed by atoms with Crippen LogP contribution in [0.3, 0.4) is 0 Å². The van der Waals surface area contributed by atoms with Crippen molar-refractivity contribution < 1.29 is 14.6 Å². The molecule has 0 amide bonds. The lowest BCUT2D eigenvalue weighted by Crippen LogP contribution is -2.07. The molecule has 0 radical (unpaired) electrons. The molecule has 0 saturated carbocycles. The zero-order valence-corrected chi connectivity index (χ0v) is 10.8. The second kappa shape index (κ2) is 5.91. The van der Waals surface area contributed by atoms with E-state index in [1.807, 2.05) is 0 Å². The lowest BCUT2D eigenvalue weighted by atomic mass is 10.0. The van der Waals surface area contributed by atoms with Gasteiger partial charge in [0.2, 0.25) is 0 Å². The minimum atomic E-state index is -0.608. The molecule has 106 valence electrons. The van der Waals surface area contributed by atoms with Crippen LogP contribution in [-0.2, 0) is 6.42 Å². The number of rotatable bonds is 5. The maximum atomic E-state index is 12.1. The SMILES string of the molecule is O=C(Cc1ccc([N+](=O)[O-])cc1)c1ccccc1[N+](=O)[O-]. The number of hydrogen-bond donors (Lipinski definition) is 0. The molecule has 7 heteroatoms. The Balaban J connectivity index is 2.22. The zero-order chi connectivity index (χ0) is 15.4. The number of carbonyl (C=O) groups is 1. The first-order valence-electron chi connectivity index (χ1n) is 5.99. The Morgan fingerprint density at radius 3 is 2.10 bits per heavy atom. The third kappa shape index (κ3) is 3.27. The fourth-order valence-corrected chi connectivity index (χ4v) is 1.88. The maximum absolute atomic E-state index is 12.1. The fourth-order valence-electron chi connectivity index (χ4n) is 1.88.